The highest BCUT2D eigenvalue weighted by Crippen LogP contribution is 2.23. The molecular formula is C19H18N2O4S. The number of hydrogen-bond acceptors (Lipinski definition) is 5. The van der Waals surface area contributed by atoms with E-state index in [0.717, 1.165) is 17.2 Å². The Balaban J connectivity index is 1.90. The van der Waals surface area contributed by atoms with Crippen molar-refractivity contribution in [1.82, 2.24) is 4.98 Å². The number of benzene rings is 2. The van der Waals surface area contributed by atoms with Crippen LogP contribution in [0.25, 0.3) is 10.9 Å². The van der Waals surface area contributed by atoms with Gasteiger partial charge in [-0.3, -0.25) is 9.78 Å². The minimum absolute atomic E-state index is 0.200. The monoisotopic (exact) mass is 370 g/mol. The summed E-state index contributed by atoms with van der Waals surface area (Å²) in [5.74, 6) is 0.373. The van der Waals surface area contributed by atoms with Gasteiger partial charge in [-0.25, -0.2) is 8.42 Å². The SMILES string of the molecule is COc1ccc2nc(C)c(C(=O)Nc3ccc(S(C)(=O)=O)cc3)cc2c1. The number of carbonyl (C=O) groups is 1. The molecule has 0 saturated carbocycles. The molecule has 0 spiro atoms. The molecule has 7 heteroatoms. The van der Waals surface area contributed by atoms with Crippen LogP contribution in [0.15, 0.2) is 53.4 Å². The van der Waals surface area contributed by atoms with Crippen molar-refractivity contribution >= 4 is 32.3 Å². The highest BCUT2D eigenvalue weighted by molar-refractivity contribution is 7.90. The molecule has 1 amide bonds. The molecule has 0 aliphatic heterocycles. The van der Waals surface area contributed by atoms with Crippen LogP contribution < -0.4 is 10.1 Å². The Morgan fingerprint density at radius 2 is 1.77 bits per heavy atom. The van der Waals surface area contributed by atoms with E-state index < -0.39 is 9.84 Å². The van der Waals surface area contributed by atoms with Gasteiger partial charge in [0.25, 0.3) is 5.91 Å². The summed E-state index contributed by atoms with van der Waals surface area (Å²) in [7, 11) is -1.69. The van der Waals surface area contributed by atoms with Gasteiger partial charge in [0.2, 0.25) is 0 Å². The zero-order valence-electron chi connectivity index (χ0n) is 14.6. The Hall–Kier alpha value is -2.93. The summed E-state index contributed by atoms with van der Waals surface area (Å²) in [6, 6.07) is 13.3. The Bertz CT molecular complexity index is 1090. The topological polar surface area (TPSA) is 85.4 Å². The van der Waals surface area contributed by atoms with Gasteiger partial charge in [-0.1, -0.05) is 0 Å². The summed E-state index contributed by atoms with van der Waals surface area (Å²) in [5, 5.41) is 3.56. The average molecular weight is 370 g/mol. The largest absolute Gasteiger partial charge is 0.497 e. The van der Waals surface area contributed by atoms with Gasteiger partial charge in [-0.2, -0.15) is 0 Å². The molecule has 0 fully saturated rings. The van der Waals surface area contributed by atoms with E-state index in [-0.39, 0.29) is 10.8 Å². The van der Waals surface area contributed by atoms with Crippen LogP contribution >= 0.6 is 0 Å². The van der Waals surface area contributed by atoms with Crippen molar-refractivity contribution in [1.29, 1.82) is 0 Å². The predicted molar refractivity (Wildman–Crippen MR) is 101 cm³/mol. The fourth-order valence-electron chi connectivity index (χ4n) is 2.59. The molecule has 26 heavy (non-hydrogen) atoms. The van der Waals surface area contributed by atoms with Crippen LogP contribution in [-0.2, 0) is 9.84 Å². The van der Waals surface area contributed by atoms with Gasteiger partial charge in [-0.15, -0.1) is 0 Å². The Labute approximate surface area is 151 Å². The van der Waals surface area contributed by atoms with E-state index in [9.17, 15) is 13.2 Å². The van der Waals surface area contributed by atoms with Gasteiger partial charge in [0.1, 0.15) is 5.75 Å². The lowest BCUT2D eigenvalue weighted by molar-refractivity contribution is 0.102. The second-order valence-electron chi connectivity index (χ2n) is 5.93. The standard InChI is InChI=1S/C19H18N2O4S/c1-12-17(11-13-10-15(25-2)6-9-18(13)20-12)19(22)21-14-4-7-16(8-5-14)26(3,23)24/h4-11H,1-3H3,(H,21,22). The lowest BCUT2D eigenvalue weighted by Crippen LogP contribution is -2.14. The van der Waals surface area contributed by atoms with Crippen LogP contribution in [0.1, 0.15) is 16.1 Å². The normalized spacial score (nSPS) is 11.3. The zero-order valence-corrected chi connectivity index (χ0v) is 15.4. The maximum Gasteiger partial charge on any atom is 0.257 e. The second kappa shape index (κ2) is 6.76. The van der Waals surface area contributed by atoms with Crippen LogP contribution in [0.4, 0.5) is 5.69 Å². The van der Waals surface area contributed by atoms with E-state index in [4.69, 9.17) is 4.74 Å². The zero-order chi connectivity index (χ0) is 18.9. The first-order valence-corrected chi connectivity index (χ1v) is 9.74. The first kappa shape index (κ1) is 17.9. The third-order valence-electron chi connectivity index (χ3n) is 4.00. The van der Waals surface area contributed by atoms with Crippen molar-refractivity contribution in [3.8, 4) is 5.75 Å². The smallest absolute Gasteiger partial charge is 0.257 e. The molecule has 0 unspecified atom stereocenters. The number of nitrogens with one attached hydrogen (secondary N) is 1. The van der Waals surface area contributed by atoms with E-state index in [2.05, 4.69) is 10.3 Å². The first-order valence-electron chi connectivity index (χ1n) is 7.85. The average Bonchev–Trinajstić information content (AvgIpc) is 2.60. The van der Waals surface area contributed by atoms with E-state index >= 15 is 0 Å². The number of aryl methyl sites for hydroxylation is 1. The molecule has 0 saturated heterocycles. The lowest BCUT2D eigenvalue weighted by atomic mass is 10.1. The number of ether oxygens (including phenoxy) is 1. The minimum Gasteiger partial charge on any atom is -0.497 e. The number of methoxy groups -OCH3 is 1. The number of aromatic nitrogens is 1. The number of hydrogen-bond donors (Lipinski definition) is 1. The van der Waals surface area contributed by atoms with Crippen LogP contribution in [0.5, 0.6) is 5.75 Å². The van der Waals surface area contributed by atoms with Crippen LogP contribution in [0, 0.1) is 6.92 Å². The summed E-state index contributed by atoms with van der Waals surface area (Å²) in [4.78, 5) is 17.3. The molecule has 1 aromatic heterocycles. The number of carbonyl (C=O) groups excluding carboxylic acids is 1. The number of pyridine rings is 1. The van der Waals surface area contributed by atoms with Crippen LogP contribution in [-0.4, -0.2) is 32.7 Å². The molecule has 3 rings (SSSR count). The molecule has 3 aromatic rings. The van der Waals surface area contributed by atoms with E-state index in [1.54, 1.807) is 32.2 Å². The van der Waals surface area contributed by atoms with Gasteiger partial charge >= 0.3 is 0 Å². The second-order valence-corrected chi connectivity index (χ2v) is 7.95. The maximum absolute atomic E-state index is 12.6. The third-order valence-corrected chi connectivity index (χ3v) is 5.13. The number of fused-ring (bicyclic) bond motifs is 1. The molecule has 0 atom stereocenters. The summed E-state index contributed by atoms with van der Waals surface area (Å²) < 4.78 is 28.2. The van der Waals surface area contributed by atoms with Crippen LogP contribution in [0.3, 0.4) is 0 Å². The molecule has 0 aliphatic rings. The van der Waals surface area contributed by atoms with Crippen molar-refractivity contribution in [2.75, 3.05) is 18.7 Å². The molecule has 134 valence electrons. The van der Waals surface area contributed by atoms with Gasteiger partial charge in [0, 0.05) is 17.3 Å². The van der Waals surface area contributed by atoms with E-state index in [0.29, 0.717) is 22.7 Å². The Morgan fingerprint density at radius 1 is 1.08 bits per heavy atom. The van der Waals surface area contributed by atoms with Crippen molar-refractivity contribution in [2.24, 2.45) is 0 Å². The maximum atomic E-state index is 12.6. The molecule has 0 radical (unpaired) electrons. The quantitative estimate of drug-likeness (QED) is 0.762. The molecule has 1 N–H and O–H groups in total. The first-order chi connectivity index (χ1) is 12.3. The number of amides is 1. The fraction of sp³-hybridized carbons (Fsp3) is 0.158. The Morgan fingerprint density at radius 3 is 2.38 bits per heavy atom. The molecule has 6 nitrogen and oxygen atoms in total. The summed E-state index contributed by atoms with van der Waals surface area (Å²) >= 11 is 0. The van der Waals surface area contributed by atoms with Gasteiger partial charge < -0.3 is 10.1 Å². The molecule has 0 aliphatic carbocycles. The fourth-order valence-corrected chi connectivity index (χ4v) is 3.22. The van der Waals surface area contributed by atoms with Gasteiger partial charge in [-0.05, 0) is 55.5 Å². The number of nitrogens with zero attached hydrogens (tertiary/aromatic N) is 1. The van der Waals surface area contributed by atoms with Crippen molar-refractivity contribution in [3.63, 3.8) is 0 Å². The number of anilines is 1. The minimum atomic E-state index is -3.27. The van der Waals surface area contributed by atoms with E-state index in [1.807, 2.05) is 18.2 Å². The molecule has 1 heterocycles. The Kier molecular flexibility index (Phi) is 4.65. The van der Waals surface area contributed by atoms with Gasteiger partial charge in [0.15, 0.2) is 9.84 Å². The molecular weight excluding hydrogens is 352 g/mol. The van der Waals surface area contributed by atoms with Crippen molar-refractivity contribution in [2.45, 2.75) is 11.8 Å². The third kappa shape index (κ3) is 3.67. The highest BCUT2D eigenvalue weighted by atomic mass is 32.2. The number of sulfone groups is 1. The summed E-state index contributed by atoms with van der Waals surface area (Å²) in [6.07, 6.45) is 1.14. The van der Waals surface area contributed by atoms with Crippen molar-refractivity contribution < 1.29 is 17.9 Å². The summed E-state index contributed by atoms with van der Waals surface area (Å²) in [5.41, 5.74) is 2.33. The molecule has 0 bridgehead atoms. The predicted octanol–water partition coefficient (Wildman–Crippen LogP) is 3.21. The highest BCUT2D eigenvalue weighted by Gasteiger charge is 2.13. The van der Waals surface area contributed by atoms with Gasteiger partial charge in [0.05, 0.1) is 28.8 Å². The lowest BCUT2D eigenvalue weighted by Gasteiger charge is -2.10. The van der Waals surface area contributed by atoms with E-state index in [1.165, 1.54) is 12.1 Å². The molecule has 2 aromatic carbocycles. The summed E-state index contributed by atoms with van der Waals surface area (Å²) in [6.45, 7) is 1.77. The van der Waals surface area contributed by atoms with Crippen LogP contribution in [0.2, 0.25) is 0 Å². The van der Waals surface area contributed by atoms with Crippen molar-refractivity contribution in [3.05, 3.63) is 59.8 Å². The number of rotatable bonds is 4.